The highest BCUT2D eigenvalue weighted by molar-refractivity contribution is 7.86. The van der Waals surface area contributed by atoms with Crippen LogP contribution in [-0.2, 0) is 60.1 Å². The van der Waals surface area contributed by atoms with E-state index in [9.17, 15) is 136 Å². The second-order valence-electron chi connectivity index (χ2n) is 25.6. The number of aryl methyl sites for hydroxylation is 11. The van der Waals surface area contributed by atoms with Gasteiger partial charge in [-0.2, -0.15) is 65.9 Å². The van der Waals surface area contributed by atoms with E-state index in [1.807, 2.05) is 0 Å². The summed E-state index contributed by atoms with van der Waals surface area (Å²) in [5.41, 5.74) is 4.62. The van der Waals surface area contributed by atoms with E-state index >= 15 is 0 Å². The number of carbonyl (C=O) groups excluding carboxylic acids is 1. The van der Waals surface area contributed by atoms with Crippen LogP contribution < -0.4 is 42.6 Å². The molecule has 0 aromatic heterocycles. The van der Waals surface area contributed by atoms with Crippen LogP contribution in [0, 0.1) is 76.2 Å². The lowest BCUT2D eigenvalue weighted by atomic mass is 10.1. The molecular formula is C68H80F15O27S5-5. The summed E-state index contributed by atoms with van der Waals surface area (Å²) in [5.74, 6) is -8.17. The molecule has 5 aromatic rings. The fourth-order valence-corrected chi connectivity index (χ4v) is 12.3. The third-order valence-corrected chi connectivity index (χ3v) is 17.5. The summed E-state index contributed by atoms with van der Waals surface area (Å²) in [4.78, 5) is 11.8. The summed E-state index contributed by atoms with van der Waals surface area (Å²) in [6.45, 7) is 29.4. The van der Waals surface area contributed by atoms with Crippen LogP contribution in [0.4, 0.5) is 70.7 Å². The van der Waals surface area contributed by atoms with Gasteiger partial charge in [0, 0.05) is 7.11 Å². The number of rotatable bonds is 29. The summed E-state index contributed by atoms with van der Waals surface area (Å²) in [7, 11) is -24.1. The average molecular weight is 1770 g/mol. The molecule has 5 rings (SSSR count). The fourth-order valence-electron chi connectivity index (χ4n) is 9.19. The van der Waals surface area contributed by atoms with Gasteiger partial charge in [-0.3, -0.25) is 0 Å². The fraction of sp³-hybridized carbons (Fsp3) is 0.485. The van der Waals surface area contributed by atoms with Crippen molar-refractivity contribution in [3.8, 4) is 51.7 Å². The van der Waals surface area contributed by atoms with Crippen molar-refractivity contribution < 1.29 is 188 Å². The van der Waals surface area contributed by atoms with Crippen molar-refractivity contribution in [3.05, 3.63) is 147 Å². The first-order valence-electron chi connectivity index (χ1n) is 32.1. The monoisotopic (exact) mass is 1770 g/mol. The van der Waals surface area contributed by atoms with Crippen LogP contribution in [0.1, 0.15) is 82.0 Å². The first kappa shape index (κ1) is 105. The Labute approximate surface area is 653 Å². The van der Waals surface area contributed by atoms with Gasteiger partial charge in [0.25, 0.3) is 0 Å². The standard InChI is InChI=1S/C16H21F3O7S.C14H17F3O5S.C13H17F3O6S.C13H15F3O5S.C12H15F3O4S/c1-9-6-11(24-12(16(17,18)19)8-27(21,22)23)7-10(2)13(9)25-14(20)26-15(3,4)5;1-4-5-21-13-9(2)6-11(7-10(13)3)22-12(14(15,16)17)8-23(18,19)20;1-8-4-10(5-9(2)12(8)21-7-20-3)22-11(13(14,15)16)6-23(17,18)19;1-4-20-12-8(2)5-10(6-9(12)3)21-11(13(14,15)16)7-22(17,18)19;1-7-4-9(3)10(5-8(7)2)19-11(12(13,14)15)6-20(16,17)18/h6-7,12H,8H2,1-5H3,(H,21,22,23);4,6-7,12H,1,5,8H2,2-3H3,(H,18,19,20);4-5,11H,6-7H2,1-3H3,(H,17,18,19);4-6,11H,1,7H2,2-3H3,(H,17,18,19);4-5,11H,6H2,1-3H3,(H,16,17,18)/p-5. The van der Waals surface area contributed by atoms with Gasteiger partial charge in [0.2, 0.25) is 30.5 Å². The molecular weight excluding hydrogens is 1690 g/mol. The molecule has 27 nitrogen and oxygen atoms in total. The molecule has 5 atom stereocenters. The third-order valence-electron chi connectivity index (χ3n) is 14.0. The highest BCUT2D eigenvalue weighted by Crippen LogP contribution is 2.38. The van der Waals surface area contributed by atoms with Crippen molar-refractivity contribution in [3.63, 3.8) is 0 Å². The Bertz CT molecular complexity index is 4620. The normalized spacial score (nSPS) is 13.7. The predicted molar refractivity (Wildman–Crippen MR) is 375 cm³/mol. The Morgan fingerprint density at radius 3 is 0.870 bits per heavy atom. The Morgan fingerprint density at radius 2 is 0.626 bits per heavy atom. The van der Waals surface area contributed by atoms with E-state index < -0.39 is 153 Å². The molecule has 0 radical (unpaired) electrons. The van der Waals surface area contributed by atoms with Crippen molar-refractivity contribution in [2.75, 3.05) is 49.3 Å². The molecule has 5 unspecified atom stereocenters. The molecule has 0 aliphatic carbocycles. The van der Waals surface area contributed by atoms with E-state index in [-0.39, 0.29) is 59.0 Å². The molecule has 0 heterocycles. The maximum atomic E-state index is 12.9. The number of halogens is 15. The summed E-state index contributed by atoms with van der Waals surface area (Å²) < 4.78 is 405. The highest BCUT2D eigenvalue weighted by Gasteiger charge is 2.47. The largest absolute Gasteiger partial charge is 0.748 e. The van der Waals surface area contributed by atoms with Gasteiger partial charge in [-0.05, 0) is 213 Å². The number of methoxy groups -OCH3 is 1. The van der Waals surface area contributed by atoms with Gasteiger partial charge >= 0.3 is 37.0 Å². The molecule has 0 amide bonds. The lowest BCUT2D eigenvalue weighted by molar-refractivity contribution is -0.188. The second kappa shape index (κ2) is 42.2. The van der Waals surface area contributed by atoms with Gasteiger partial charge in [-0.1, -0.05) is 25.3 Å². The zero-order valence-corrected chi connectivity index (χ0v) is 67.5. The molecule has 0 fully saturated rings. The first-order valence-corrected chi connectivity index (χ1v) is 40.0. The number of alkyl halides is 15. The van der Waals surface area contributed by atoms with Gasteiger partial charge in [-0.25, -0.2) is 46.9 Å². The quantitative estimate of drug-likeness (QED) is 0.00816. The Balaban J connectivity index is 0.000000721. The lowest BCUT2D eigenvalue weighted by Crippen LogP contribution is -2.40. The van der Waals surface area contributed by atoms with E-state index in [0.29, 0.717) is 61.8 Å². The topological polar surface area (TPSA) is 405 Å². The maximum Gasteiger partial charge on any atom is 0.514 e. The zero-order valence-electron chi connectivity index (χ0n) is 63.4. The third kappa shape index (κ3) is 40.9. The van der Waals surface area contributed by atoms with Crippen molar-refractivity contribution >= 4 is 56.7 Å². The molecule has 5 aromatic carbocycles. The molecule has 0 N–H and O–H groups in total. The van der Waals surface area contributed by atoms with E-state index in [4.69, 9.17) is 37.9 Å². The van der Waals surface area contributed by atoms with Crippen molar-refractivity contribution in [1.29, 1.82) is 0 Å². The number of ether oxygens (including phenoxy) is 11. The summed E-state index contributed by atoms with van der Waals surface area (Å²) in [5, 5.41) is 0. The van der Waals surface area contributed by atoms with Crippen LogP contribution in [0.3, 0.4) is 0 Å². The molecule has 0 saturated heterocycles. The van der Waals surface area contributed by atoms with E-state index in [1.54, 1.807) is 89.2 Å². The summed E-state index contributed by atoms with van der Waals surface area (Å²) in [6.07, 6.45) is -37.0. The van der Waals surface area contributed by atoms with Crippen LogP contribution in [0.25, 0.3) is 0 Å². The maximum absolute atomic E-state index is 12.9. The second-order valence-corrected chi connectivity index (χ2v) is 32.9. The van der Waals surface area contributed by atoms with Crippen molar-refractivity contribution in [2.24, 2.45) is 0 Å². The van der Waals surface area contributed by atoms with E-state index in [0.717, 1.165) is 17.7 Å². The molecule has 47 heteroatoms. The number of carbonyl (C=O) groups is 1. The smallest absolute Gasteiger partial charge is 0.514 e. The number of benzene rings is 5. The SMILES string of the molecule is C=CCOc1c(C)cc(OC(CS(=O)(=O)[O-])C(F)(F)F)cc1C.C=COc1c(C)cc(OC(CS(=O)(=O)[O-])C(F)(F)F)cc1C.COCOc1c(C)cc(OC(CS(=O)(=O)[O-])C(F)(F)F)cc1C.Cc1cc(C)c(OC(CS(=O)(=O)[O-])C(F)(F)F)cc1C.Cc1cc(OC(CS(=O)(=O)[O-])C(F)(F)F)cc(C)c1OC(=O)OC(C)(C)C. The van der Waals surface area contributed by atoms with Crippen LogP contribution in [-0.4, -0.2) is 187 Å². The predicted octanol–water partition coefficient (Wildman–Crippen LogP) is 13.5. The molecule has 0 aliphatic rings. The molecule has 0 bridgehead atoms. The van der Waals surface area contributed by atoms with Crippen molar-refractivity contribution in [1.82, 2.24) is 0 Å². The summed E-state index contributed by atoms with van der Waals surface area (Å²) in [6, 6.07) is 12.9. The Morgan fingerprint density at radius 1 is 0.374 bits per heavy atom. The van der Waals surface area contributed by atoms with Crippen LogP contribution >= 0.6 is 0 Å². The first-order chi connectivity index (χ1) is 51.7. The average Bonchev–Trinajstić information content (AvgIpc) is 0.835. The minimum absolute atomic E-state index is 0.0402. The molecule has 0 spiro atoms. The highest BCUT2D eigenvalue weighted by atomic mass is 32.2. The van der Waals surface area contributed by atoms with Gasteiger partial charge < -0.3 is 74.9 Å². The zero-order chi connectivity index (χ0) is 89.7. The number of hydrogen-bond donors (Lipinski definition) is 0. The van der Waals surface area contributed by atoms with Crippen molar-refractivity contribution in [2.45, 2.75) is 164 Å². The molecule has 654 valence electrons. The van der Waals surface area contributed by atoms with Crippen LogP contribution in [0.2, 0.25) is 0 Å². The van der Waals surface area contributed by atoms with Gasteiger partial charge in [-0.15, -0.1) is 0 Å². The molecule has 0 aliphatic heterocycles. The molecule has 0 saturated carbocycles. The van der Waals surface area contributed by atoms with Gasteiger partial charge in [0.05, 0.1) is 85.6 Å². The lowest BCUT2D eigenvalue weighted by Gasteiger charge is -2.24. The minimum Gasteiger partial charge on any atom is -0.748 e. The minimum atomic E-state index is -5.17. The Kier molecular flexibility index (Phi) is 38.4. The van der Waals surface area contributed by atoms with E-state index in [1.165, 1.54) is 75.8 Å². The summed E-state index contributed by atoms with van der Waals surface area (Å²) >= 11 is 0. The van der Waals surface area contributed by atoms with Crippen LogP contribution in [0.15, 0.2) is 86.2 Å². The van der Waals surface area contributed by atoms with Gasteiger partial charge in [0.15, 0.2) is 6.79 Å². The molecule has 115 heavy (non-hydrogen) atoms. The Hall–Kier alpha value is -8.29. The van der Waals surface area contributed by atoms with E-state index in [2.05, 4.69) is 27.4 Å². The van der Waals surface area contributed by atoms with Gasteiger partial charge in [0.1, 0.15) is 64.0 Å². The number of hydrogen-bond acceptors (Lipinski definition) is 27. The van der Waals surface area contributed by atoms with Crippen LogP contribution in [0.5, 0.6) is 51.7 Å².